The molecule has 0 aliphatic heterocycles. The van der Waals surface area contributed by atoms with Gasteiger partial charge in [-0.1, -0.05) is 0 Å². The zero-order valence-corrected chi connectivity index (χ0v) is 19.9. The average molecular weight is 527 g/mol. The molecule has 1 radical (unpaired) electrons. The monoisotopic (exact) mass is 527 g/mol. The Morgan fingerprint density at radius 3 is 0.875 bits per heavy atom. The molecule has 0 heterocycles. The van der Waals surface area contributed by atoms with Gasteiger partial charge < -0.3 is 43.4 Å². The first-order valence-corrected chi connectivity index (χ1v) is 6.05. The fourth-order valence-corrected chi connectivity index (χ4v) is 0. The molecule has 16 heteroatoms. The molecule has 16 heavy (non-hydrogen) atoms. The van der Waals surface area contributed by atoms with Crippen molar-refractivity contribution in [2.45, 2.75) is 0 Å². The molecular formula is H5AuNa3O8S4. The van der Waals surface area contributed by atoms with Gasteiger partial charge in [-0.2, -0.15) is 0 Å². The van der Waals surface area contributed by atoms with Crippen LogP contribution in [0.25, 0.3) is 0 Å². The van der Waals surface area contributed by atoms with E-state index in [-0.39, 0.29) is 122 Å². The van der Waals surface area contributed by atoms with Gasteiger partial charge in [0.25, 0.3) is 0 Å². The van der Waals surface area contributed by atoms with Crippen molar-refractivity contribution in [1.82, 2.24) is 0 Å². The van der Waals surface area contributed by atoms with Crippen molar-refractivity contribution in [2.24, 2.45) is 0 Å². The van der Waals surface area contributed by atoms with Crippen LogP contribution in [0.1, 0.15) is 0 Å². The molecule has 0 rings (SSSR count). The molecule has 0 fully saturated rings. The van der Waals surface area contributed by atoms with E-state index < -0.39 is 18.3 Å². The molecule has 0 saturated carbocycles. The van der Waals surface area contributed by atoms with Crippen LogP contribution in [0.15, 0.2) is 0 Å². The van der Waals surface area contributed by atoms with Gasteiger partial charge in [-0.25, -0.2) is 8.42 Å². The number of rotatable bonds is 0. The quantitative estimate of drug-likeness (QED) is 0.140. The molecule has 0 aliphatic rings. The minimum Gasteiger partial charge on any atom is -0.768 e. The van der Waals surface area contributed by atoms with Gasteiger partial charge in [0.15, 0.2) is 0 Å². The van der Waals surface area contributed by atoms with Crippen LogP contribution in [-0.4, -0.2) is 36.9 Å². The van der Waals surface area contributed by atoms with Gasteiger partial charge in [0, 0.05) is 22.4 Å². The Hall–Kier alpha value is 4.18. The summed E-state index contributed by atoms with van der Waals surface area (Å²) in [5, 5.41) is 0. The zero-order chi connectivity index (χ0) is 9.00. The van der Waals surface area contributed by atoms with E-state index in [1.165, 1.54) is 0 Å². The second kappa shape index (κ2) is 24.2. The van der Waals surface area contributed by atoms with E-state index in [1.807, 2.05) is 0 Å². The Morgan fingerprint density at radius 2 is 0.875 bits per heavy atom. The Balaban J connectivity index is -0.00000000970. The van der Waals surface area contributed by atoms with E-state index in [9.17, 15) is 0 Å². The molecular weight excluding hydrogens is 522 g/mol. The molecule has 5 N–H and O–H groups in total. The van der Waals surface area contributed by atoms with E-state index in [1.54, 1.807) is 0 Å². The summed E-state index contributed by atoms with van der Waals surface area (Å²) in [7, 11) is -8.42. The molecule has 91 valence electrons. The first kappa shape index (κ1) is 50.0. The minimum absolute atomic E-state index is 0. The minimum atomic E-state index is -4.33. The van der Waals surface area contributed by atoms with E-state index in [0.29, 0.717) is 0 Å². The molecule has 0 aliphatic carbocycles. The Labute approximate surface area is 186 Å². The van der Waals surface area contributed by atoms with E-state index >= 15 is 0 Å². The molecule has 0 aromatic carbocycles. The van der Waals surface area contributed by atoms with Gasteiger partial charge >= 0.3 is 88.7 Å². The van der Waals surface area contributed by atoms with Gasteiger partial charge in [-0.15, -0.1) is 0 Å². The molecule has 0 aromatic heterocycles. The summed E-state index contributed by atoms with van der Waals surface area (Å²) in [4.78, 5) is 0. The van der Waals surface area contributed by atoms with Crippen LogP contribution in [0, 0.1) is 0 Å². The first-order chi connectivity index (χ1) is 4.00. The Bertz CT molecular complexity index is 224. The summed E-state index contributed by atoms with van der Waals surface area (Å²) in [5.41, 5.74) is 0. The predicted octanol–water partition coefficient (Wildman–Crippen LogP) is -12.3. The summed E-state index contributed by atoms with van der Waals surface area (Å²) in [5.74, 6) is 0. The summed E-state index contributed by atoms with van der Waals surface area (Å²) in [6.45, 7) is 0. The van der Waals surface area contributed by atoms with Gasteiger partial charge in [0.05, 0.1) is 0 Å². The molecule has 0 saturated heterocycles. The van der Waals surface area contributed by atoms with Crippen LogP contribution in [0.4, 0.5) is 0 Å². The van der Waals surface area contributed by atoms with Gasteiger partial charge in [-0.3, -0.25) is 8.42 Å². The summed E-state index contributed by atoms with van der Waals surface area (Å²) in [6.07, 6.45) is 0. The van der Waals surface area contributed by atoms with Crippen molar-refractivity contribution in [3.05, 3.63) is 0 Å². The van der Waals surface area contributed by atoms with Crippen molar-refractivity contribution in [3.63, 3.8) is 0 Å². The van der Waals surface area contributed by atoms with Crippen LogP contribution in [0.2, 0.25) is 0 Å². The smallest absolute Gasteiger partial charge is 0.768 e. The first-order valence-electron chi connectivity index (χ1n) is 1.35. The van der Waals surface area contributed by atoms with Crippen molar-refractivity contribution < 1.29 is 148 Å². The molecule has 0 atom stereocenters. The Morgan fingerprint density at radius 1 is 0.875 bits per heavy atom. The van der Waals surface area contributed by atoms with Crippen LogP contribution in [-0.2, 0) is 64.0 Å². The van der Waals surface area contributed by atoms with E-state index in [0.717, 1.165) is 0 Å². The van der Waals surface area contributed by atoms with Crippen molar-refractivity contribution in [3.8, 4) is 0 Å². The second-order valence-electron chi connectivity index (χ2n) is 0.836. The van der Waals surface area contributed by atoms with Crippen LogP contribution in [0.3, 0.4) is 0 Å². The second-order valence-corrected chi connectivity index (χ2v) is 5.00. The maximum Gasteiger partial charge on any atom is 1.00 e. The molecule has 0 bridgehead atoms. The number of hydrogen-bond acceptors (Lipinski definition) is 7. The maximum atomic E-state index is 9.00. The van der Waals surface area contributed by atoms with Crippen molar-refractivity contribution in [1.29, 1.82) is 0 Å². The summed E-state index contributed by atoms with van der Waals surface area (Å²) in [6, 6.07) is 0. The third kappa shape index (κ3) is 307. The topological polar surface area (TPSA) is 175 Å². The average Bonchev–Trinajstić information content (AvgIpc) is 1.12. The third-order valence-corrected chi connectivity index (χ3v) is 0. The van der Waals surface area contributed by atoms with Crippen LogP contribution >= 0.6 is 0 Å². The SMILES string of the molecule is O.O.O=S(=O)(O)[S-].O=S(=O)([O-])[S-].[Au].[Na+].[Na+].[Na+]. The molecule has 0 spiro atoms. The van der Waals surface area contributed by atoms with Gasteiger partial charge in [-0.05, 0) is 9.15 Å². The van der Waals surface area contributed by atoms with Crippen molar-refractivity contribution >= 4 is 41.6 Å². The predicted molar refractivity (Wildman–Crippen MR) is 43.2 cm³/mol. The standard InChI is InChI=1S/Au.3Na.2H2O3S2.2H2O/c;;;;2*1-5(2,3)4;;/h;;;;2*(H2,1,2,3,4);2*1H2/q;3*+1;;;;/p-3. The van der Waals surface area contributed by atoms with E-state index in [2.05, 4.69) is 23.3 Å². The third-order valence-electron chi connectivity index (χ3n) is 0. The van der Waals surface area contributed by atoms with E-state index in [4.69, 9.17) is 25.9 Å². The molecule has 0 aromatic rings. The number of hydrogen-bond donors (Lipinski definition) is 1. The Kier molecular flexibility index (Phi) is 75.7. The maximum absolute atomic E-state index is 9.00. The fourth-order valence-electron chi connectivity index (χ4n) is 0. The summed E-state index contributed by atoms with van der Waals surface area (Å²) >= 11 is 6.60. The fraction of sp³-hybridized carbons (Fsp3) is 0. The molecule has 8 nitrogen and oxygen atoms in total. The largest absolute Gasteiger partial charge is 1.00 e. The summed E-state index contributed by atoms with van der Waals surface area (Å²) < 4.78 is 52.0. The molecule has 0 unspecified atom stereocenters. The van der Waals surface area contributed by atoms with Crippen molar-refractivity contribution in [2.75, 3.05) is 0 Å². The zero-order valence-electron chi connectivity index (χ0n) is 8.42. The normalized spacial score (nSPS) is 7.25. The molecule has 0 amide bonds. The van der Waals surface area contributed by atoms with Crippen LogP contribution < -0.4 is 88.7 Å². The van der Waals surface area contributed by atoms with Crippen LogP contribution in [0.5, 0.6) is 0 Å². The van der Waals surface area contributed by atoms with Gasteiger partial charge in [0.1, 0.15) is 9.15 Å². The van der Waals surface area contributed by atoms with Gasteiger partial charge in [0.2, 0.25) is 0 Å².